The summed E-state index contributed by atoms with van der Waals surface area (Å²) < 4.78 is 5.44. The number of rotatable bonds is 4. The predicted molar refractivity (Wildman–Crippen MR) is 117 cm³/mol. The molecule has 0 bridgehead atoms. The lowest BCUT2D eigenvalue weighted by atomic mass is 10.0. The van der Waals surface area contributed by atoms with Crippen LogP contribution in [0.1, 0.15) is 30.1 Å². The van der Waals surface area contributed by atoms with Crippen LogP contribution in [-0.2, 0) is 0 Å². The first-order valence-corrected chi connectivity index (χ1v) is 10.2. The molecule has 0 spiro atoms. The molecule has 0 unspecified atom stereocenters. The van der Waals surface area contributed by atoms with Crippen molar-refractivity contribution in [3.63, 3.8) is 0 Å². The van der Waals surface area contributed by atoms with E-state index in [1.807, 2.05) is 43.3 Å². The van der Waals surface area contributed by atoms with Crippen molar-refractivity contribution in [1.82, 2.24) is 20.6 Å². The number of pyridine rings is 1. The van der Waals surface area contributed by atoms with Crippen LogP contribution >= 0.6 is 0 Å². The monoisotopic (exact) mass is 406 g/mol. The van der Waals surface area contributed by atoms with E-state index >= 15 is 0 Å². The number of nitrogens with zero attached hydrogens (tertiary/aromatic N) is 3. The number of hydrogen-bond donors (Lipinski definition) is 3. The summed E-state index contributed by atoms with van der Waals surface area (Å²) in [4.78, 5) is 23.6. The number of fused-ring (bicyclic) bond motifs is 1. The van der Waals surface area contributed by atoms with Crippen LogP contribution in [0.5, 0.6) is 0 Å². The Morgan fingerprint density at radius 2 is 2.00 bits per heavy atom. The minimum absolute atomic E-state index is 0.0612. The molecule has 1 saturated heterocycles. The largest absolute Gasteiger partial charge is 0.464 e. The first-order valence-electron chi connectivity index (χ1n) is 10.2. The van der Waals surface area contributed by atoms with E-state index in [0.29, 0.717) is 18.1 Å². The summed E-state index contributed by atoms with van der Waals surface area (Å²) in [5, 5.41) is 4.10. The quantitative estimate of drug-likeness (QED) is 0.266. The minimum Gasteiger partial charge on any atom is -0.464 e. The van der Waals surface area contributed by atoms with Crippen LogP contribution in [0.2, 0.25) is 0 Å². The van der Waals surface area contributed by atoms with Crippen LogP contribution in [0.15, 0.2) is 58.3 Å². The maximum atomic E-state index is 12.7. The molecule has 3 heterocycles. The molecule has 0 aliphatic carbocycles. The molecule has 3 aromatic rings. The van der Waals surface area contributed by atoms with Gasteiger partial charge in [0.1, 0.15) is 5.58 Å². The lowest BCUT2D eigenvalue weighted by Crippen LogP contribution is -2.51. The third-order valence-electron chi connectivity index (χ3n) is 5.37. The minimum atomic E-state index is -0.0612. The van der Waals surface area contributed by atoms with Gasteiger partial charge in [-0.25, -0.2) is 5.84 Å². The standard InChI is InChI=1S/C22H26N6O2/c1-2-24-22(27-23)28-12-8-17(9-13-28)26-21(29)16-5-3-15(4-6-16)20-18-10-14-30-19(18)7-11-25-20/h3-7,10-11,14,17H,2,8-9,12-13,23H2,1H3,(H,24,27)(H,26,29). The summed E-state index contributed by atoms with van der Waals surface area (Å²) in [5.41, 5.74) is 5.89. The van der Waals surface area contributed by atoms with Crippen LogP contribution in [0.4, 0.5) is 0 Å². The second kappa shape index (κ2) is 8.96. The Morgan fingerprint density at radius 3 is 2.70 bits per heavy atom. The molecule has 30 heavy (non-hydrogen) atoms. The van der Waals surface area contributed by atoms with Crippen molar-refractivity contribution in [1.29, 1.82) is 0 Å². The summed E-state index contributed by atoms with van der Waals surface area (Å²) >= 11 is 0. The second-order valence-corrected chi connectivity index (χ2v) is 7.25. The van der Waals surface area contributed by atoms with Gasteiger partial charge in [-0.05, 0) is 44.0 Å². The number of aliphatic imine (C=N–C) groups is 1. The lowest BCUT2D eigenvalue weighted by Gasteiger charge is -2.34. The molecule has 0 saturated carbocycles. The van der Waals surface area contributed by atoms with Gasteiger partial charge in [-0.1, -0.05) is 12.1 Å². The van der Waals surface area contributed by atoms with Gasteiger partial charge in [0.2, 0.25) is 5.96 Å². The molecule has 1 aliphatic rings. The highest BCUT2D eigenvalue weighted by molar-refractivity contribution is 5.96. The molecule has 1 fully saturated rings. The Balaban J connectivity index is 1.38. The van der Waals surface area contributed by atoms with Gasteiger partial charge in [-0.3, -0.25) is 20.2 Å². The lowest BCUT2D eigenvalue weighted by molar-refractivity contribution is 0.0922. The Labute approximate surface area is 175 Å². The van der Waals surface area contributed by atoms with Crippen LogP contribution in [0.3, 0.4) is 0 Å². The molecule has 1 aliphatic heterocycles. The fourth-order valence-electron chi connectivity index (χ4n) is 3.80. The van der Waals surface area contributed by atoms with Gasteiger partial charge in [-0.2, -0.15) is 0 Å². The third-order valence-corrected chi connectivity index (χ3v) is 5.37. The van der Waals surface area contributed by atoms with E-state index < -0.39 is 0 Å². The Hall–Kier alpha value is -3.39. The van der Waals surface area contributed by atoms with Gasteiger partial charge in [0.05, 0.1) is 12.0 Å². The average Bonchev–Trinajstić information content (AvgIpc) is 3.27. The zero-order valence-electron chi connectivity index (χ0n) is 17.0. The smallest absolute Gasteiger partial charge is 0.251 e. The van der Waals surface area contributed by atoms with Crippen molar-refractivity contribution in [2.24, 2.45) is 10.8 Å². The first kappa shape index (κ1) is 19.9. The van der Waals surface area contributed by atoms with Gasteiger partial charge in [0.25, 0.3) is 5.91 Å². The predicted octanol–water partition coefficient (Wildman–Crippen LogP) is 2.53. The van der Waals surface area contributed by atoms with E-state index in [1.54, 1.807) is 12.5 Å². The molecular formula is C22H26N6O2. The van der Waals surface area contributed by atoms with E-state index in [9.17, 15) is 4.79 Å². The van der Waals surface area contributed by atoms with Crippen molar-refractivity contribution in [2.75, 3.05) is 19.6 Å². The number of carbonyl (C=O) groups is 1. The van der Waals surface area contributed by atoms with Crippen LogP contribution in [0, 0.1) is 0 Å². The van der Waals surface area contributed by atoms with Crippen LogP contribution in [-0.4, -0.2) is 47.4 Å². The maximum Gasteiger partial charge on any atom is 0.251 e. The van der Waals surface area contributed by atoms with Gasteiger partial charge in [0, 0.05) is 48.4 Å². The Morgan fingerprint density at radius 1 is 1.23 bits per heavy atom. The van der Waals surface area contributed by atoms with Crippen molar-refractivity contribution >= 4 is 22.8 Å². The Kier molecular flexibility index (Phi) is 5.94. The maximum absolute atomic E-state index is 12.7. The molecule has 8 nitrogen and oxygen atoms in total. The number of nitrogens with two attached hydrogens (primary N) is 1. The highest BCUT2D eigenvalue weighted by atomic mass is 16.3. The zero-order valence-corrected chi connectivity index (χ0v) is 17.0. The number of guanidine groups is 1. The fraction of sp³-hybridized carbons (Fsp3) is 0.318. The molecule has 8 heteroatoms. The average molecular weight is 406 g/mol. The van der Waals surface area contributed by atoms with Crippen molar-refractivity contribution in [3.05, 3.63) is 54.4 Å². The van der Waals surface area contributed by atoms with Crippen molar-refractivity contribution in [3.8, 4) is 11.3 Å². The molecule has 0 atom stereocenters. The number of nitrogens with one attached hydrogen (secondary N) is 2. The third kappa shape index (κ3) is 4.13. The Bertz CT molecular complexity index is 1040. The van der Waals surface area contributed by atoms with Crippen LogP contribution < -0.4 is 16.6 Å². The molecule has 4 rings (SSSR count). The second-order valence-electron chi connectivity index (χ2n) is 7.25. The number of benzene rings is 1. The topological polar surface area (TPSA) is 109 Å². The zero-order chi connectivity index (χ0) is 20.9. The summed E-state index contributed by atoms with van der Waals surface area (Å²) in [7, 11) is 0. The van der Waals surface area contributed by atoms with Gasteiger partial charge < -0.3 is 14.6 Å². The SMILES string of the molecule is CCN=C(NN)N1CCC(NC(=O)c2ccc(-c3nccc4occc34)cc2)CC1. The molecule has 0 radical (unpaired) electrons. The van der Waals surface area contributed by atoms with Gasteiger partial charge in [0.15, 0.2) is 0 Å². The number of furan rings is 1. The van der Waals surface area contributed by atoms with E-state index in [-0.39, 0.29) is 11.9 Å². The van der Waals surface area contributed by atoms with E-state index in [0.717, 1.165) is 48.2 Å². The molecule has 1 amide bonds. The van der Waals surface area contributed by atoms with E-state index in [2.05, 4.69) is 25.6 Å². The van der Waals surface area contributed by atoms with Gasteiger partial charge in [-0.15, -0.1) is 0 Å². The highest BCUT2D eigenvalue weighted by Crippen LogP contribution is 2.27. The number of piperidine rings is 1. The number of carbonyl (C=O) groups excluding carboxylic acids is 1. The molecule has 1 aromatic carbocycles. The molecule has 2 aromatic heterocycles. The number of hydrazine groups is 1. The molecular weight excluding hydrogens is 380 g/mol. The normalized spacial score (nSPS) is 15.4. The van der Waals surface area contributed by atoms with Crippen molar-refractivity contribution < 1.29 is 9.21 Å². The number of hydrogen-bond acceptors (Lipinski definition) is 5. The fourth-order valence-corrected chi connectivity index (χ4v) is 3.80. The summed E-state index contributed by atoms with van der Waals surface area (Å²) in [6.07, 6.45) is 5.08. The van der Waals surface area contributed by atoms with Crippen molar-refractivity contribution in [2.45, 2.75) is 25.8 Å². The number of amides is 1. The highest BCUT2D eigenvalue weighted by Gasteiger charge is 2.23. The number of likely N-dealkylation sites (tertiary alicyclic amines) is 1. The first-order chi connectivity index (χ1) is 14.7. The summed E-state index contributed by atoms with van der Waals surface area (Å²) in [6, 6.07) is 11.4. The van der Waals surface area contributed by atoms with Crippen LogP contribution in [0.25, 0.3) is 22.2 Å². The van der Waals surface area contributed by atoms with E-state index in [1.165, 1.54) is 0 Å². The summed E-state index contributed by atoms with van der Waals surface area (Å²) in [5.74, 6) is 6.20. The van der Waals surface area contributed by atoms with E-state index in [4.69, 9.17) is 10.3 Å². The van der Waals surface area contributed by atoms with Gasteiger partial charge >= 0.3 is 0 Å². The molecule has 156 valence electrons. The molecule has 4 N–H and O–H groups in total. The summed E-state index contributed by atoms with van der Waals surface area (Å²) in [6.45, 7) is 4.25. The number of aromatic nitrogens is 1.